The predicted octanol–water partition coefficient (Wildman–Crippen LogP) is 1.80. The summed E-state index contributed by atoms with van der Waals surface area (Å²) in [5.74, 6) is 0.867. The van der Waals surface area contributed by atoms with Crippen LogP contribution in [0.15, 0.2) is 30.7 Å². The number of benzene rings is 1. The number of nitrogens with zero attached hydrogens (tertiary/aromatic N) is 2. The average Bonchev–Trinajstić information content (AvgIpc) is 3.06. The highest BCUT2D eigenvalue weighted by molar-refractivity contribution is 5.83. The van der Waals surface area contributed by atoms with Crippen LogP contribution in [0.3, 0.4) is 0 Å². The summed E-state index contributed by atoms with van der Waals surface area (Å²) in [6.07, 6.45) is 5.98. The van der Waals surface area contributed by atoms with Gasteiger partial charge in [0.2, 0.25) is 0 Å². The van der Waals surface area contributed by atoms with E-state index >= 15 is 0 Å². The molecule has 0 aliphatic carbocycles. The van der Waals surface area contributed by atoms with E-state index in [1.165, 1.54) is 22.8 Å². The Bertz CT molecular complexity index is 657. The predicted molar refractivity (Wildman–Crippen MR) is 72.9 cm³/mol. The zero-order valence-electron chi connectivity index (χ0n) is 10.6. The molecule has 5 nitrogen and oxygen atoms in total. The van der Waals surface area contributed by atoms with Crippen LogP contribution < -0.4 is 0 Å². The maximum atomic E-state index is 8.93. The largest absolute Gasteiger partial charge is 0.396 e. The Morgan fingerprint density at radius 1 is 1.26 bits per heavy atom. The molecule has 0 radical (unpaired) electrons. The molecule has 0 amide bonds. The van der Waals surface area contributed by atoms with Gasteiger partial charge in [-0.05, 0) is 36.1 Å². The molecule has 2 heterocycles. The van der Waals surface area contributed by atoms with Gasteiger partial charge < -0.3 is 10.1 Å². The Morgan fingerprint density at radius 3 is 3.00 bits per heavy atom. The first-order valence-corrected chi connectivity index (χ1v) is 6.41. The van der Waals surface area contributed by atoms with E-state index in [4.69, 9.17) is 5.11 Å². The van der Waals surface area contributed by atoms with Crippen molar-refractivity contribution >= 4 is 10.9 Å². The van der Waals surface area contributed by atoms with Crippen LogP contribution in [0.25, 0.3) is 10.9 Å². The Hall–Kier alpha value is -2.14. The minimum atomic E-state index is 0.227. The van der Waals surface area contributed by atoms with Crippen molar-refractivity contribution in [3.63, 3.8) is 0 Å². The van der Waals surface area contributed by atoms with Crippen molar-refractivity contribution in [2.24, 2.45) is 0 Å². The molecule has 19 heavy (non-hydrogen) atoms. The van der Waals surface area contributed by atoms with Gasteiger partial charge in [0.1, 0.15) is 12.2 Å². The highest BCUT2D eigenvalue weighted by Crippen LogP contribution is 2.22. The fourth-order valence-electron chi connectivity index (χ4n) is 2.32. The molecule has 5 heteroatoms. The molecule has 0 saturated carbocycles. The summed E-state index contributed by atoms with van der Waals surface area (Å²) in [4.78, 5) is 7.41. The monoisotopic (exact) mass is 256 g/mol. The number of hydrogen-bond acceptors (Lipinski definition) is 3. The first kappa shape index (κ1) is 11.9. The molecule has 1 aromatic carbocycles. The second-order valence-corrected chi connectivity index (χ2v) is 4.63. The Kier molecular flexibility index (Phi) is 3.29. The maximum Gasteiger partial charge on any atom is 0.137 e. The number of aliphatic hydroxyl groups is 1. The topological polar surface area (TPSA) is 77.6 Å². The quantitative estimate of drug-likeness (QED) is 0.651. The number of rotatable bonds is 5. The van der Waals surface area contributed by atoms with Gasteiger partial charge in [0.25, 0.3) is 0 Å². The van der Waals surface area contributed by atoms with Crippen molar-refractivity contribution < 1.29 is 5.11 Å². The van der Waals surface area contributed by atoms with Crippen LogP contribution >= 0.6 is 0 Å². The first-order chi connectivity index (χ1) is 9.36. The molecule has 0 unspecified atom stereocenters. The van der Waals surface area contributed by atoms with E-state index in [1.807, 2.05) is 6.20 Å². The highest BCUT2D eigenvalue weighted by Gasteiger charge is 2.06. The molecule has 0 fully saturated rings. The van der Waals surface area contributed by atoms with Crippen molar-refractivity contribution in [1.82, 2.24) is 20.2 Å². The molecule has 0 saturated heterocycles. The molecule has 3 rings (SSSR count). The third kappa shape index (κ3) is 2.51. The van der Waals surface area contributed by atoms with E-state index in [-0.39, 0.29) is 6.61 Å². The SMILES string of the molecule is OCCCc1c[nH]c2ccc(Cc3ncn[nH]3)cc12. The third-order valence-corrected chi connectivity index (χ3v) is 3.27. The van der Waals surface area contributed by atoms with E-state index in [0.29, 0.717) is 0 Å². The lowest BCUT2D eigenvalue weighted by molar-refractivity contribution is 0.289. The number of fused-ring (bicyclic) bond motifs is 1. The van der Waals surface area contributed by atoms with Gasteiger partial charge in [0.05, 0.1) is 0 Å². The fraction of sp³-hybridized carbons (Fsp3) is 0.286. The number of hydrogen-bond donors (Lipinski definition) is 3. The second-order valence-electron chi connectivity index (χ2n) is 4.63. The molecular weight excluding hydrogens is 240 g/mol. The number of aromatic amines is 2. The number of nitrogens with one attached hydrogen (secondary N) is 2. The van der Waals surface area contributed by atoms with Gasteiger partial charge in [-0.15, -0.1) is 0 Å². The first-order valence-electron chi connectivity index (χ1n) is 6.41. The fourth-order valence-corrected chi connectivity index (χ4v) is 2.32. The minimum Gasteiger partial charge on any atom is -0.396 e. The zero-order chi connectivity index (χ0) is 13.1. The molecule has 3 N–H and O–H groups in total. The number of aromatic nitrogens is 4. The molecule has 0 aliphatic heterocycles. The van der Waals surface area contributed by atoms with E-state index in [2.05, 4.69) is 38.4 Å². The van der Waals surface area contributed by atoms with Gasteiger partial charge >= 0.3 is 0 Å². The van der Waals surface area contributed by atoms with Crippen LogP contribution in [0.1, 0.15) is 23.4 Å². The lowest BCUT2D eigenvalue weighted by Gasteiger charge is -2.01. The standard InChI is InChI=1S/C14H16N4O/c19-5-1-2-11-8-15-13-4-3-10(6-12(11)13)7-14-16-9-17-18-14/h3-4,6,8-9,15,19H,1-2,5,7H2,(H,16,17,18). The Balaban J connectivity index is 1.90. The smallest absolute Gasteiger partial charge is 0.137 e. The second kappa shape index (κ2) is 5.24. The summed E-state index contributed by atoms with van der Waals surface area (Å²) >= 11 is 0. The van der Waals surface area contributed by atoms with Crippen LogP contribution in [-0.4, -0.2) is 31.9 Å². The van der Waals surface area contributed by atoms with E-state index in [1.54, 1.807) is 0 Å². The summed E-state index contributed by atoms with van der Waals surface area (Å²) in [5.41, 5.74) is 3.59. The van der Waals surface area contributed by atoms with Gasteiger partial charge in [-0.3, -0.25) is 5.10 Å². The Labute approximate surface area is 110 Å². The molecule has 3 aromatic rings. The molecule has 2 aromatic heterocycles. The van der Waals surface area contributed by atoms with E-state index < -0.39 is 0 Å². The lowest BCUT2D eigenvalue weighted by Crippen LogP contribution is -1.92. The molecule has 0 bridgehead atoms. The Morgan fingerprint density at radius 2 is 2.21 bits per heavy atom. The van der Waals surface area contributed by atoms with Gasteiger partial charge in [-0.1, -0.05) is 6.07 Å². The maximum absolute atomic E-state index is 8.93. The number of aliphatic hydroxyl groups excluding tert-OH is 1. The molecule has 98 valence electrons. The van der Waals surface area contributed by atoms with Crippen molar-refractivity contribution in [3.05, 3.63) is 47.7 Å². The third-order valence-electron chi connectivity index (χ3n) is 3.27. The van der Waals surface area contributed by atoms with E-state index in [0.717, 1.165) is 30.6 Å². The van der Waals surface area contributed by atoms with Gasteiger partial charge in [-0.2, -0.15) is 5.10 Å². The minimum absolute atomic E-state index is 0.227. The van der Waals surface area contributed by atoms with Crippen LogP contribution in [0.4, 0.5) is 0 Å². The summed E-state index contributed by atoms with van der Waals surface area (Å²) in [6.45, 7) is 0.227. The molecular formula is C14H16N4O. The highest BCUT2D eigenvalue weighted by atomic mass is 16.2. The van der Waals surface area contributed by atoms with Crippen molar-refractivity contribution in [1.29, 1.82) is 0 Å². The van der Waals surface area contributed by atoms with Gasteiger partial charge in [0.15, 0.2) is 0 Å². The van der Waals surface area contributed by atoms with Crippen LogP contribution in [0.5, 0.6) is 0 Å². The van der Waals surface area contributed by atoms with Crippen molar-refractivity contribution in [2.45, 2.75) is 19.3 Å². The summed E-state index contributed by atoms with van der Waals surface area (Å²) in [7, 11) is 0. The summed E-state index contributed by atoms with van der Waals surface area (Å²) in [5, 5.41) is 16.9. The van der Waals surface area contributed by atoms with E-state index in [9.17, 15) is 0 Å². The van der Waals surface area contributed by atoms with Crippen LogP contribution in [0, 0.1) is 0 Å². The molecule has 0 aliphatic rings. The van der Waals surface area contributed by atoms with Crippen LogP contribution in [0.2, 0.25) is 0 Å². The van der Waals surface area contributed by atoms with Crippen LogP contribution in [-0.2, 0) is 12.8 Å². The van der Waals surface area contributed by atoms with Gasteiger partial charge in [-0.25, -0.2) is 4.98 Å². The number of H-pyrrole nitrogens is 2. The summed E-state index contributed by atoms with van der Waals surface area (Å²) in [6, 6.07) is 6.36. The average molecular weight is 256 g/mol. The van der Waals surface area contributed by atoms with Crippen molar-refractivity contribution in [2.75, 3.05) is 6.61 Å². The molecule has 0 atom stereocenters. The lowest BCUT2D eigenvalue weighted by atomic mass is 10.0. The normalized spacial score (nSPS) is 11.2. The number of aryl methyl sites for hydroxylation is 1. The summed E-state index contributed by atoms with van der Waals surface area (Å²) < 4.78 is 0. The zero-order valence-corrected chi connectivity index (χ0v) is 10.6. The van der Waals surface area contributed by atoms with Gasteiger partial charge in [0, 0.05) is 30.1 Å². The molecule has 0 spiro atoms. The van der Waals surface area contributed by atoms with Crippen molar-refractivity contribution in [3.8, 4) is 0 Å².